The summed E-state index contributed by atoms with van der Waals surface area (Å²) in [4.78, 5) is 9.17. The minimum atomic E-state index is -3.29. The van der Waals surface area contributed by atoms with Gasteiger partial charge < -0.3 is 5.32 Å². The highest BCUT2D eigenvalue weighted by Crippen LogP contribution is 2.26. The summed E-state index contributed by atoms with van der Waals surface area (Å²) in [7, 11) is -3.29. The van der Waals surface area contributed by atoms with Crippen LogP contribution in [0.15, 0.2) is 65.7 Å². The van der Waals surface area contributed by atoms with Crippen LogP contribution in [0.5, 0.6) is 0 Å². The van der Waals surface area contributed by atoms with Gasteiger partial charge in [-0.15, -0.1) is 0 Å². The number of hydrogen-bond donors (Lipinski definition) is 1. The van der Waals surface area contributed by atoms with Crippen LogP contribution in [-0.4, -0.2) is 34.4 Å². The van der Waals surface area contributed by atoms with Gasteiger partial charge in [-0.1, -0.05) is 12.1 Å². The maximum atomic E-state index is 13.4. The highest BCUT2D eigenvalue weighted by atomic mass is 32.2. The summed E-state index contributed by atoms with van der Waals surface area (Å²) in [6.07, 6.45) is 3.21. The summed E-state index contributed by atoms with van der Waals surface area (Å²) in [5.41, 5.74) is 3.30. The van der Waals surface area contributed by atoms with E-state index in [0.717, 1.165) is 28.3 Å². The van der Waals surface area contributed by atoms with Crippen molar-refractivity contribution in [1.82, 2.24) is 19.7 Å². The van der Waals surface area contributed by atoms with E-state index in [1.807, 2.05) is 19.9 Å². The first kappa shape index (κ1) is 21.6. The van der Waals surface area contributed by atoms with E-state index in [9.17, 15) is 12.8 Å². The zero-order valence-corrected chi connectivity index (χ0v) is 18.7. The number of halogens is 1. The van der Waals surface area contributed by atoms with E-state index in [0.29, 0.717) is 18.1 Å². The Hall–Kier alpha value is -3.59. The van der Waals surface area contributed by atoms with Crippen molar-refractivity contribution in [3.05, 3.63) is 89.3 Å². The molecule has 0 atom stereocenters. The highest BCUT2D eigenvalue weighted by molar-refractivity contribution is 7.90. The number of nitrogens with zero attached hydrogens (tertiary/aromatic N) is 4. The molecule has 2 aromatic carbocycles. The van der Waals surface area contributed by atoms with Gasteiger partial charge in [0.2, 0.25) is 0 Å². The Kier molecular flexibility index (Phi) is 5.75. The van der Waals surface area contributed by atoms with Crippen LogP contribution in [-0.2, 0) is 16.3 Å². The van der Waals surface area contributed by atoms with Crippen molar-refractivity contribution in [3.8, 4) is 5.69 Å². The number of anilines is 2. The smallest absolute Gasteiger partial charge is 0.175 e. The van der Waals surface area contributed by atoms with E-state index in [-0.39, 0.29) is 10.7 Å². The molecular formula is C23H22FN5O2S. The van der Waals surface area contributed by atoms with Crippen LogP contribution in [0.3, 0.4) is 0 Å². The fourth-order valence-electron chi connectivity index (χ4n) is 3.26. The third-order valence-corrected chi connectivity index (χ3v) is 6.18. The fraction of sp³-hybridized carbons (Fsp3) is 0.174. The summed E-state index contributed by atoms with van der Waals surface area (Å²) < 4.78 is 38.7. The number of benzene rings is 2. The summed E-state index contributed by atoms with van der Waals surface area (Å²) in [5, 5.41) is 7.86. The average molecular weight is 452 g/mol. The second-order valence-electron chi connectivity index (χ2n) is 7.53. The maximum Gasteiger partial charge on any atom is 0.175 e. The molecule has 0 amide bonds. The standard InChI is InChI=1S/C23H22FN5O2S/c1-15-16(2)28-29(19-9-7-18(24)8-10-19)23(15)27-21-11-12-25-22(26-21)14-17-5-4-6-20(13-17)32(3,30)31/h4-13H,14H2,1-3H3,(H,25,26,27). The molecule has 0 aliphatic heterocycles. The van der Waals surface area contributed by atoms with Gasteiger partial charge in [-0.2, -0.15) is 5.10 Å². The van der Waals surface area contributed by atoms with E-state index >= 15 is 0 Å². The molecule has 0 saturated carbocycles. The van der Waals surface area contributed by atoms with E-state index in [2.05, 4.69) is 20.4 Å². The minimum absolute atomic E-state index is 0.263. The van der Waals surface area contributed by atoms with Crippen molar-refractivity contribution in [2.45, 2.75) is 25.2 Å². The lowest BCUT2D eigenvalue weighted by molar-refractivity contribution is 0.601. The maximum absolute atomic E-state index is 13.4. The predicted octanol–water partition coefficient (Wildman–Crippen LogP) is 4.16. The molecule has 7 nitrogen and oxygen atoms in total. The molecule has 0 spiro atoms. The van der Waals surface area contributed by atoms with Crippen molar-refractivity contribution >= 4 is 21.5 Å². The quantitative estimate of drug-likeness (QED) is 0.474. The monoisotopic (exact) mass is 451 g/mol. The predicted molar refractivity (Wildman–Crippen MR) is 121 cm³/mol. The fourth-order valence-corrected chi connectivity index (χ4v) is 3.96. The topological polar surface area (TPSA) is 89.8 Å². The lowest BCUT2D eigenvalue weighted by Gasteiger charge is -2.11. The van der Waals surface area contributed by atoms with Gasteiger partial charge in [-0.3, -0.25) is 0 Å². The summed E-state index contributed by atoms with van der Waals surface area (Å²) >= 11 is 0. The third-order valence-electron chi connectivity index (χ3n) is 5.07. The van der Waals surface area contributed by atoms with Crippen LogP contribution in [0.2, 0.25) is 0 Å². The lowest BCUT2D eigenvalue weighted by atomic mass is 10.1. The Balaban J connectivity index is 1.62. The highest BCUT2D eigenvalue weighted by Gasteiger charge is 2.15. The zero-order chi connectivity index (χ0) is 22.9. The third kappa shape index (κ3) is 4.67. The van der Waals surface area contributed by atoms with Crippen LogP contribution in [0.4, 0.5) is 16.0 Å². The van der Waals surface area contributed by atoms with Gasteiger partial charge in [-0.05, 0) is 61.9 Å². The molecule has 32 heavy (non-hydrogen) atoms. The van der Waals surface area contributed by atoms with Gasteiger partial charge in [0.05, 0.1) is 16.3 Å². The Morgan fingerprint density at radius 2 is 1.81 bits per heavy atom. The molecule has 4 rings (SSSR count). The number of nitrogens with one attached hydrogen (secondary N) is 1. The van der Waals surface area contributed by atoms with Crippen molar-refractivity contribution < 1.29 is 12.8 Å². The second-order valence-corrected chi connectivity index (χ2v) is 9.54. The molecule has 9 heteroatoms. The van der Waals surface area contributed by atoms with E-state index in [1.54, 1.807) is 47.3 Å². The first-order chi connectivity index (χ1) is 15.2. The SMILES string of the molecule is Cc1nn(-c2ccc(F)cc2)c(Nc2ccnc(Cc3cccc(S(C)(=O)=O)c3)n2)c1C. The normalized spacial score (nSPS) is 11.5. The molecule has 2 heterocycles. The van der Waals surface area contributed by atoms with E-state index in [1.165, 1.54) is 18.4 Å². The second kappa shape index (κ2) is 8.51. The van der Waals surface area contributed by atoms with Gasteiger partial charge in [0.1, 0.15) is 23.3 Å². The molecule has 0 aliphatic carbocycles. The number of aryl methyl sites for hydroxylation is 1. The van der Waals surface area contributed by atoms with Crippen LogP contribution in [0.1, 0.15) is 22.6 Å². The Labute approximate surface area is 185 Å². The zero-order valence-electron chi connectivity index (χ0n) is 17.9. The van der Waals surface area contributed by atoms with Crippen molar-refractivity contribution in [2.75, 3.05) is 11.6 Å². The summed E-state index contributed by atoms with van der Waals surface area (Å²) in [6.45, 7) is 3.85. The van der Waals surface area contributed by atoms with Crippen LogP contribution >= 0.6 is 0 Å². The molecule has 4 aromatic rings. The lowest BCUT2D eigenvalue weighted by Crippen LogP contribution is -2.06. The minimum Gasteiger partial charge on any atom is -0.324 e. The van der Waals surface area contributed by atoms with Gasteiger partial charge in [-0.25, -0.2) is 27.5 Å². The first-order valence-electron chi connectivity index (χ1n) is 9.91. The molecule has 0 radical (unpaired) electrons. The van der Waals surface area contributed by atoms with Crippen molar-refractivity contribution in [1.29, 1.82) is 0 Å². The van der Waals surface area contributed by atoms with Crippen molar-refractivity contribution in [2.24, 2.45) is 0 Å². The van der Waals surface area contributed by atoms with Gasteiger partial charge in [0, 0.05) is 24.4 Å². The van der Waals surface area contributed by atoms with Gasteiger partial charge >= 0.3 is 0 Å². The molecule has 1 N–H and O–H groups in total. The molecule has 0 saturated heterocycles. The van der Waals surface area contributed by atoms with Gasteiger partial charge in [0.15, 0.2) is 9.84 Å². The number of rotatable bonds is 6. The Morgan fingerprint density at radius 3 is 2.53 bits per heavy atom. The van der Waals surface area contributed by atoms with Gasteiger partial charge in [0.25, 0.3) is 0 Å². The number of hydrogen-bond acceptors (Lipinski definition) is 6. The van der Waals surface area contributed by atoms with E-state index in [4.69, 9.17) is 0 Å². The first-order valence-corrected chi connectivity index (χ1v) is 11.8. The molecule has 2 aromatic heterocycles. The van der Waals surface area contributed by atoms with Crippen LogP contribution in [0.25, 0.3) is 5.69 Å². The molecule has 164 valence electrons. The van der Waals surface area contributed by atoms with E-state index < -0.39 is 9.84 Å². The molecule has 0 fully saturated rings. The van der Waals surface area contributed by atoms with Crippen molar-refractivity contribution in [3.63, 3.8) is 0 Å². The summed E-state index contributed by atoms with van der Waals surface area (Å²) in [6, 6.07) is 14.6. The molecule has 0 unspecified atom stereocenters. The summed E-state index contributed by atoms with van der Waals surface area (Å²) in [5.74, 6) is 1.52. The average Bonchev–Trinajstić information content (AvgIpc) is 3.03. The molecule has 0 bridgehead atoms. The largest absolute Gasteiger partial charge is 0.324 e. The molecule has 0 aliphatic rings. The van der Waals surface area contributed by atoms with Crippen LogP contribution < -0.4 is 5.32 Å². The molecular weight excluding hydrogens is 429 g/mol. The Bertz CT molecular complexity index is 1380. The van der Waals surface area contributed by atoms with Crippen LogP contribution in [0, 0.1) is 19.7 Å². The number of aromatic nitrogens is 4. The number of sulfone groups is 1. The Morgan fingerprint density at radius 1 is 1.06 bits per heavy atom.